The van der Waals surface area contributed by atoms with Crippen molar-refractivity contribution in [3.63, 3.8) is 0 Å². The molecule has 1 unspecified atom stereocenters. The monoisotopic (exact) mass is 245 g/mol. The normalized spacial score (nSPS) is 20.4. The van der Waals surface area contributed by atoms with Crippen LogP contribution in [0.5, 0.6) is 5.75 Å². The van der Waals surface area contributed by atoms with Crippen molar-refractivity contribution in [3.05, 3.63) is 41.1 Å². The number of hydrogen-bond acceptors (Lipinski definition) is 3. The minimum absolute atomic E-state index is 0.109. The third kappa shape index (κ3) is 2.40. The van der Waals surface area contributed by atoms with Crippen LogP contribution in [0.3, 0.4) is 0 Å². The lowest BCUT2D eigenvalue weighted by molar-refractivity contribution is -0.108. The molecule has 0 spiro atoms. The van der Waals surface area contributed by atoms with E-state index in [1.807, 2.05) is 37.2 Å². The van der Waals surface area contributed by atoms with E-state index < -0.39 is 0 Å². The molecular formula is C15H19NO2. The van der Waals surface area contributed by atoms with E-state index in [2.05, 4.69) is 6.20 Å². The number of benzene rings is 1. The SMILES string of the molecule is COc1ccc2c(c1)CCC(=CN(C)C)C2C=O. The van der Waals surface area contributed by atoms with Crippen LogP contribution in [0, 0.1) is 0 Å². The fourth-order valence-electron chi connectivity index (χ4n) is 2.50. The van der Waals surface area contributed by atoms with Gasteiger partial charge in [-0.05, 0) is 47.9 Å². The predicted octanol–water partition coefficient (Wildman–Crippen LogP) is 2.37. The molecule has 3 heteroatoms. The number of allylic oxidation sites excluding steroid dienone is 1. The number of carbonyl (C=O) groups excluding carboxylic acids is 1. The molecule has 1 aliphatic rings. The van der Waals surface area contributed by atoms with Gasteiger partial charge in [-0.2, -0.15) is 0 Å². The highest BCUT2D eigenvalue weighted by atomic mass is 16.5. The van der Waals surface area contributed by atoms with Gasteiger partial charge in [-0.1, -0.05) is 6.07 Å². The highest BCUT2D eigenvalue weighted by Gasteiger charge is 2.24. The van der Waals surface area contributed by atoms with Crippen molar-refractivity contribution in [2.75, 3.05) is 21.2 Å². The second-order valence-corrected chi connectivity index (χ2v) is 4.85. The van der Waals surface area contributed by atoms with Crippen molar-refractivity contribution < 1.29 is 9.53 Å². The summed E-state index contributed by atoms with van der Waals surface area (Å²) < 4.78 is 5.23. The van der Waals surface area contributed by atoms with E-state index in [9.17, 15) is 4.79 Å². The fourth-order valence-corrected chi connectivity index (χ4v) is 2.50. The molecule has 1 aliphatic carbocycles. The molecule has 0 bridgehead atoms. The first kappa shape index (κ1) is 12.7. The smallest absolute Gasteiger partial charge is 0.131 e. The lowest BCUT2D eigenvalue weighted by Crippen LogP contribution is -2.16. The van der Waals surface area contributed by atoms with Crippen LogP contribution >= 0.6 is 0 Å². The van der Waals surface area contributed by atoms with Crippen molar-refractivity contribution in [2.45, 2.75) is 18.8 Å². The van der Waals surface area contributed by atoms with E-state index in [-0.39, 0.29) is 5.92 Å². The molecule has 0 saturated heterocycles. The van der Waals surface area contributed by atoms with Gasteiger partial charge in [0.05, 0.1) is 13.0 Å². The topological polar surface area (TPSA) is 29.5 Å². The quantitative estimate of drug-likeness (QED) is 0.766. The number of ether oxygens (including phenoxy) is 1. The van der Waals surface area contributed by atoms with Crippen LogP contribution < -0.4 is 4.74 Å². The first-order valence-electron chi connectivity index (χ1n) is 6.15. The van der Waals surface area contributed by atoms with Gasteiger partial charge < -0.3 is 14.4 Å². The average molecular weight is 245 g/mol. The highest BCUT2D eigenvalue weighted by molar-refractivity contribution is 5.70. The van der Waals surface area contributed by atoms with E-state index in [4.69, 9.17) is 4.74 Å². The molecule has 0 saturated carbocycles. The number of aryl methyl sites for hydroxylation is 1. The lowest BCUT2D eigenvalue weighted by atomic mass is 9.80. The molecule has 3 nitrogen and oxygen atoms in total. The van der Waals surface area contributed by atoms with Gasteiger partial charge in [0.1, 0.15) is 12.0 Å². The largest absolute Gasteiger partial charge is 0.497 e. The molecule has 1 aromatic rings. The number of fused-ring (bicyclic) bond motifs is 1. The second kappa shape index (κ2) is 5.25. The Labute approximate surface area is 108 Å². The van der Waals surface area contributed by atoms with Crippen molar-refractivity contribution >= 4 is 6.29 Å². The molecule has 0 aromatic heterocycles. The Hall–Kier alpha value is -1.77. The maximum Gasteiger partial charge on any atom is 0.131 e. The van der Waals surface area contributed by atoms with Gasteiger partial charge in [0.15, 0.2) is 0 Å². The summed E-state index contributed by atoms with van der Waals surface area (Å²) in [5.41, 5.74) is 3.53. The Bertz CT molecular complexity index is 477. The number of carbonyl (C=O) groups is 1. The van der Waals surface area contributed by atoms with Crippen molar-refractivity contribution in [1.82, 2.24) is 4.90 Å². The van der Waals surface area contributed by atoms with Crippen LogP contribution in [0.2, 0.25) is 0 Å². The summed E-state index contributed by atoms with van der Waals surface area (Å²) in [5.74, 6) is 0.750. The van der Waals surface area contributed by atoms with Gasteiger partial charge >= 0.3 is 0 Å². The lowest BCUT2D eigenvalue weighted by Gasteiger charge is -2.26. The van der Waals surface area contributed by atoms with Crippen molar-refractivity contribution in [3.8, 4) is 5.75 Å². The Morgan fingerprint density at radius 3 is 2.72 bits per heavy atom. The van der Waals surface area contributed by atoms with Gasteiger partial charge in [-0.25, -0.2) is 0 Å². The number of hydrogen-bond donors (Lipinski definition) is 0. The standard InChI is InChI=1S/C15H19NO2/c1-16(2)9-12-5-4-11-8-13(18-3)6-7-14(11)15(12)10-17/h6-10,15H,4-5H2,1-3H3. The zero-order valence-corrected chi connectivity index (χ0v) is 11.1. The Morgan fingerprint density at radius 1 is 1.33 bits per heavy atom. The molecule has 0 fully saturated rings. The number of nitrogens with zero attached hydrogens (tertiary/aromatic N) is 1. The van der Waals surface area contributed by atoms with Crippen LogP contribution in [-0.2, 0) is 11.2 Å². The van der Waals surface area contributed by atoms with Crippen LogP contribution in [-0.4, -0.2) is 32.4 Å². The van der Waals surface area contributed by atoms with Gasteiger partial charge in [0, 0.05) is 14.1 Å². The molecule has 0 radical (unpaired) electrons. The zero-order valence-electron chi connectivity index (χ0n) is 11.1. The number of methoxy groups -OCH3 is 1. The number of rotatable bonds is 3. The molecule has 0 amide bonds. The minimum Gasteiger partial charge on any atom is -0.497 e. The molecule has 1 atom stereocenters. The summed E-state index contributed by atoms with van der Waals surface area (Å²) in [6.07, 6.45) is 5.00. The Balaban J connectivity index is 2.41. The van der Waals surface area contributed by atoms with Gasteiger partial charge in [0.2, 0.25) is 0 Å². The van der Waals surface area contributed by atoms with E-state index in [1.54, 1.807) is 7.11 Å². The van der Waals surface area contributed by atoms with E-state index in [0.717, 1.165) is 30.4 Å². The van der Waals surface area contributed by atoms with Crippen molar-refractivity contribution in [1.29, 1.82) is 0 Å². The summed E-state index contributed by atoms with van der Waals surface area (Å²) in [5, 5.41) is 0. The van der Waals surface area contributed by atoms with E-state index >= 15 is 0 Å². The maximum atomic E-state index is 11.4. The molecule has 0 N–H and O–H groups in total. The van der Waals surface area contributed by atoms with E-state index in [0.29, 0.717) is 0 Å². The maximum absolute atomic E-state index is 11.4. The molecule has 0 aliphatic heterocycles. The van der Waals surface area contributed by atoms with Crippen LogP contribution in [0.4, 0.5) is 0 Å². The van der Waals surface area contributed by atoms with E-state index in [1.165, 1.54) is 11.1 Å². The van der Waals surface area contributed by atoms with Crippen molar-refractivity contribution in [2.24, 2.45) is 0 Å². The first-order valence-corrected chi connectivity index (χ1v) is 6.15. The Kier molecular flexibility index (Phi) is 3.70. The van der Waals surface area contributed by atoms with Crippen LogP contribution in [0.1, 0.15) is 23.5 Å². The highest BCUT2D eigenvalue weighted by Crippen LogP contribution is 2.36. The van der Waals surface area contributed by atoms with Gasteiger partial charge in [-0.15, -0.1) is 0 Å². The minimum atomic E-state index is -0.109. The molecular weight excluding hydrogens is 226 g/mol. The molecule has 18 heavy (non-hydrogen) atoms. The Morgan fingerprint density at radius 2 is 2.11 bits per heavy atom. The molecule has 0 heterocycles. The average Bonchev–Trinajstić information content (AvgIpc) is 2.37. The zero-order chi connectivity index (χ0) is 13.1. The molecule has 1 aromatic carbocycles. The van der Waals surface area contributed by atoms with Crippen LogP contribution in [0.25, 0.3) is 0 Å². The molecule has 96 valence electrons. The van der Waals surface area contributed by atoms with Crippen LogP contribution in [0.15, 0.2) is 30.0 Å². The third-order valence-electron chi connectivity index (χ3n) is 3.33. The number of aldehydes is 1. The summed E-state index contributed by atoms with van der Waals surface area (Å²) in [4.78, 5) is 13.4. The summed E-state index contributed by atoms with van der Waals surface area (Å²) in [7, 11) is 5.63. The predicted molar refractivity (Wildman–Crippen MR) is 71.9 cm³/mol. The summed E-state index contributed by atoms with van der Waals surface area (Å²) in [6.45, 7) is 0. The second-order valence-electron chi connectivity index (χ2n) is 4.85. The summed E-state index contributed by atoms with van der Waals surface area (Å²) in [6, 6.07) is 5.97. The van der Waals surface area contributed by atoms with Gasteiger partial charge in [0.25, 0.3) is 0 Å². The third-order valence-corrected chi connectivity index (χ3v) is 3.33. The fraction of sp³-hybridized carbons (Fsp3) is 0.400. The van der Waals surface area contributed by atoms with Gasteiger partial charge in [-0.3, -0.25) is 0 Å². The molecule has 2 rings (SSSR count). The first-order chi connectivity index (χ1) is 8.65. The summed E-state index contributed by atoms with van der Waals surface area (Å²) >= 11 is 0.